The first-order valence-electron chi connectivity index (χ1n) is 4.35. The summed E-state index contributed by atoms with van der Waals surface area (Å²) >= 11 is 9.51. The Balaban J connectivity index is 2.58. The number of carbonyl (C=O) groups is 1. The second-order valence-electron chi connectivity index (χ2n) is 3.26. The van der Waals surface area contributed by atoms with Gasteiger partial charge in [-0.2, -0.15) is 0 Å². The van der Waals surface area contributed by atoms with E-state index >= 15 is 0 Å². The van der Waals surface area contributed by atoms with Crippen LogP contribution in [0.25, 0.3) is 5.03 Å². The predicted octanol–water partition coefficient (Wildman–Crippen LogP) is 3.54. The second kappa shape index (κ2) is 3.87. The third kappa shape index (κ3) is 1.64. The minimum atomic E-state index is 0.605. The lowest BCUT2D eigenvalue weighted by Crippen LogP contribution is -2.03. The van der Waals surface area contributed by atoms with Crippen LogP contribution in [0.5, 0.6) is 0 Å². The number of benzene rings is 1. The van der Waals surface area contributed by atoms with E-state index in [2.05, 4.69) is 22.0 Å². The number of carbonyl (C=O) groups excluding carboxylic acids is 1. The first-order chi connectivity index (χ1) is 6.72. The molecule has 1 aliphatic carbocycles. The lowest BCUT2D eigenvalue weighted by atomic mass is 9.93. The Morgan fingerprint density at radius 3 is 2.86 bits per heavy atom. The molecule has 0 N–H and O–H groups in total. The zero-order valence-corrected chi connectivity index (χ0v) is 9.73. The summed E-state index contributed by atoms with van der Waals surface area (Å²) in [7, 11) is 0. The van der Waals surface area contributed by atoms with Crippen LogP contribution in [0.2, 0.25) is 0 Å². The number of aryl methyl sites for hydroxylation is 1. The summed E-state index contributed by atoms with van der Waals surface area (Å²) in [6.45, 7) is 0. The number of allylic oxidation sites excluding steroid dienone is 1. The lowest BCUT2D eigenvalue weighted by molar-refractivity contribution is -0.105. The zero-order chi connectivity index (χ0) is 10.1. The average molecular weight is 272 g/mol. The van der Waals surface area contributed by atoms with Crippen LogP contribution >= 0.6 is 27.5 Å². The van der Waals surface area contributed by atoms with Gasteiger partial charge in [0.2, 0.25) is 0 Å². The quantitative estimate of drug-likeness (QED) is 0.714. The molecular weight excluding hydrogens is 263 g/mol. The maximum absolute atomic E-state index is 10.7. The van der Waals surface area contributed by atoms with Crippen molar-refractivity contribution in [2.75, 3.05) is 0 Å². The largest absolute Gasteiger partial charge is 0.298 e. The van der Waals surface area contributed by atoms with Crippen LogP contribution in [-0.4, -0.2) is 6.29 Å². The van der Waals surface area contributed by atoms with Crippen LogP contribution in [0.1, 0.15) is 17.5 Å². The Kier molecular flexibility index (Phi) is 2.75. The van der Waals surface area contributed by atoms with E-state index < -0.39 is 0 Å². The molecule has 0 atom stereocenters. The fourth-order valence-electron chi connectivity index (χ4n) is 1.65. The highest BCUT2D eigenvalue weighted by Crippen LogP contribution is 2.34. The summed E-state index contributed by atoms with van der Waals surface area (Å²) in [5.74, 6) is 0. The summed E-state index contributed by atoms with van der Waals surface area (Å²) in [5.41, 5.74) is 2.90. The van der Waals surface area contributed by atoms with Gasteiger partial charge in [0, 0.05) is 10.0 Å². The van der Waals surface area contributed by atoms with Gasteiger partial charge in [0.25, 0.3) is 0 Å². The van der Waals surface area contributed by atoms with Crippen LogP contribution in [-0.2, 0) is 11.2 Å². The number of fused-ring (bicyclic) bond motifs is 1. The summed E-state index contributed by atoms with van der Waals surface area (Å²) in [6, 6.07) is 5.94. The van der Waals surface area contributed by atoms with Crippen LogP contribution in [0.4, 0.5) is 0 Å². The van der Waals surface area contributed by atoms with Gasteiger partial charge in [0.05, 0.1) is 5.03 Å². The molecule has 0 aliphatic heterocycles. The molecule has 0 radical (unpaired) electrons. The fraction of sp³-hybridized carbons (Fsp3) is 0.182. The first kappa shape index (κ1) is 9.94. The van der Waals surface area contributed by atoms with E-state index in [9.17, 15) is 4.79 Å². The molecule has 0 heterocycles. The Morgan fingerprint density at radius 2 is 2.14 bits per heavy atom. The first-order valence-corrected chi connectivity index (χ1v) is 5.52. The van der Waals surface area contributed by atoms with Crippen LogP contribution < -0.4 is 0 Å². The van der Waals surface area contributed by atoms with E-state index in [1.54, 1.807) is 0 Å². The highest BCUT2D eigenvalue weighted by Gasteiger charge is 2.16. The smallest absolute Gasteiger partial charge is 0.147 e. The van der Waals surface area contributed by atoms with E-state index in [1.807, 2.05) is 12.1 Å². The number of hydrogen-bond acceptors (Lipinski definition) is 1. The average Bonchev–Trinajstić information content (AvgIpc) is 2.18. The maximum atomic E-state index is 10.7. The molecule has 2 rings (SSSR count). The Morgan fingerprint density at radius 1 is 1.36 bits per heavy atom. The summed E-state index contributed by atoms with van der Waals surface area (Å²) in [4.78, 5) is 10.7. The fourth-order valence-corrected chi connectivity index (χ4v) is 2.38. The molecule has 72 valence electrons. The predicted molar refractivity (Wildman–Crippen MR) is 61.3 cm³/mol. The van der Waals surface area contributed by atoms with Crippen molar-refractivity contribution < 1.29 is 4.79 Å². The molecule has 0 aromatic heterocycles. The van der Waals surface area contributed by atoms with E-state index in [0.717, 1.165) is 29.2 Å². The van der Waals surface area contributed by atoms with Gasteiger partial charge in [-0.15, -0.1) is 0 Å². The summed E-state index contributed by atoms with van der Waals surface area (Å²) in [6.07, 6.45) is 2.48. The highest BCUT2D eigenvalue weighted by molar-refractivity contribution is 9.10. The second-order valence-corrected chi connectivity index (χ2v) is 4.55. The molecular formula is C11H8BrClO. The van der Waals surface area contributed by atoms with Crippen LogP contribution in [0.3, 0.4) is 0 Å². The van der Waals surface area contributed by atoms with Crippen molar-refractivity contribution in [2.24, 2.45) is 0 Å². The van der Waals surface area contributed by atoms with Gasteiger partial charge in [0.15, 0.2) is 0 Å². The van der Waals surface area contributed by atoms with Crippen LogP contribution in [0, 0.1) is 0 Å². The molecule has 1 aliphatic rings. The molecule has 0 spiro atoms. The molecule has 1 aromatic rings. The monoisotopic (exact) mass is 270 g/mol. The molecule has 3 heteroatoms. The van der Waals surface area contributed by atoms with Gasteiger partial charge in [-0.25, -0.2) is 0 Å². The van der Waals surface area contributed by atoms with Crippen molar-refractivity contribution in [3.05, 3.63) is 39.4 Å². The van der Waals surface area contributed by atoms with Gasteiger partial charge in [-0.3, -0.25) is 4.79 Å². The van der Waals surface area contributed by atoms with Crippen molar-refractivity contribution in [3.63, 3.8) is 0 Å². The van der Waals surface area contributed by atoms with Gasteiger partial charge in [0.1, 0.15) is 6.29 Å². The van der Waals surface area contributed by atoms with Crippen molar-refractivity contribution in [1.82, 2.24) is 0 Å². The van der Waals surface area contributed by atoms with E-state index in [-0.39, 0.29) is 0 Å². The van der Waals surface area contributed by atoms with E-state index in [1.165, 1.54) is 5.56 Å². The van der Waals surface area contributed by atoms with Crippen molar-refractivity contribution >= 4 is 38.8 Å². The third-order valence-electron chi connectivity index (χ3n) is 2.39. The topological polar surface area (TPSA) is 17.1 Å². The number of halogens is 2. The lowest BCUT2D eigenvalue weighted by Gasteiger charge is -2.16. The number of aldehydes is 1. The third-order valence-corrected chi connectivity index (χ3v) is 3.33. The van der Waals surface area contributed by atoms with Crippen molar-refractivity contribution in [2.45, 2.75) is 12.8 Å². The number of rotatable bonds is 1. The molecule has 0 saturated heterocycles. The molecule has 0 saturated carbocycles. The summed E-state index contributed by atoms with van der Waals surface area (Å²) < 4.78 is 1.05. The normalized spacial score (nSPS) is 15.3. The van der Waals surface area contributed by atoms with Gasteiger partial charge in [-0.05, 0) is 36.1 Å². The maximum Gasteiger partial charge on any atom is 0.147 e. The van der Waals surface area contributed by atoms with E-state index in [4.69, 9.17) is 11.6 Å². The van der Waals surface area contributed by atoms with Crippen molar-refractivity contribution in [1.29, 1.82) is 0 Å². The molecule has 1 nitrogen and oxygen atoms in total. The Hall–Kier alpha value is -0.600. The minimum Gasteiger partial charge on any atom is -0.298 e. The van der Waals surface area contributed by atoms with E-state index in [0.29, 0.717) is 10.6 Å². The highest BCUT2D eigenvalue weighted by atomic mass is 79.9. The van der Waals surface area contributed by atoms with Crippen LogP contribution in [0.15, 0.2) is 28.2 Å². The molecule has 14 heavy (non-hydrogen) atoms. The Labute approximate surface area is 95.9 Å². The SMILES string of the molecule is O=CC1=C(Cl)c2ccc(Br)cc2CC1. The molecule has 0 unspecified atom stereocenters. The summed E-state index contributed by atoms with van der Waals surface area (Å²) in [5, 5.41) is 0.605. The Bertz CT molecular complexity index is 423. The van der Waals surface area contributed by atoms with Gasteiger partial charge < -0.3 is 0 Å². The molecule has 1 aromatic carbocycles. The minimum absolute atomic E-state index is 0.605. The van der Waals surface area contributed by atoms with Crippen molar-refractivity contribution in [3.8, 4) is 0 Å². The van der Waals surface area contributed by atoms with Gasteiger partial charge >= 0.3 is 0 Å². The van der Waals surface area contributed by atoms with Gasteiger partial charge in [-0.1, -0.05) is 33.6 Å². The molecule has 0 bridgehead atoms. The number of hydrogen-bond donors (Lipinski definition) is 0. The molecule has 0 fully saturated rings. The zero-order valence-electron chi connectivity index (χ0n) is 7.39. The molecule has 0 amide bonds. The standard InChI is InChI=1S/C11H8BrClO/c12-9-3-4-10-7(5-9)1-2-8(6-14)11(10)13/h3-6H,1-2H2.